The molecule has 0 amide bonds. The highest BCUT2D eigenvalue weighted by Crippen LogP contribution is 2.28. The second kappa shape index (κ2) is 13.5. The summed E-state index contributed by atoms with van der Waals surface area (Å²) < 4.78 is 0. The molecule has 1 radical (unpaired) electrons. The first-order chi connectivity index (χ1) is 10.7. The Bertz CT molecular complexity index is 220. The quantitative estimate of drug-likeness (QED) is 0.213. The molecule has 0 aromatic rings. The maximum Gasteiger partial charge on any atom is 0.237 e. The summed E-state index contributed by atoms with van der Waals surface area (Å²) >= 11 is 0. The Hall–Kier alpha value is 0.177. The second-order valence-corrected chi connectivity index (χ2v) is 13.0. The summed E-state index contributed by atoms with van der Waals surface area (Å²) in [6, 6.07) is 3.13. The zero-order valence-corrected chi connectivity index (χ0v) is 18.1. The first-order valence-electron chi connectivity index (χ1n) is 10.5. The number of unbranched alkanes of at least 4 members (excludes halogenated alkanes) is 3. The summed E-state index contributed by atoms with van der Waals surface area (Å²) in [5.74, 6) is 2.36. The summed E-state index contributed by atoms with van der Waals surface area (Å²) in [6.07, 6.45) is 11.3. The Labute approximate surface area is 148 Å². The second-order valence-electron chi connectivity index (χ2n) is 9.10. The molecule has 2 heteroatoms. The van der Waals surface area contributed by atoms with Gasteiger partial charge in [0.1, 0.15) is 0 Å². The molecule has 0 spiro atoms. The molecular formula is C21H45OSi. The zero-order chi connectivity index (χ0) is 17.7. The Morgan fingerprint density at radius 1 is 0.522 bits per heavy atom. The van der Waals surface area contributed by atoms with E-state index in [1.54, 1.807) is 0 Å². The molecule has 139 valence electrons. The minimum atomic E-state index is -2.22. The van der Waals surface area contributed by atoms with Crippen LogP contribution in [0.15, 0.2) is 0 Å². The molecule has 0 rings (SSSR count). The molecule has 0 aromatic carbocycles. The lowest BCUT2D eigenvalue weighted by molar-refractivity contribution is 0.394. The van der Waals surface area contributed by atoms with Crippen molar-refractivity contribution in [2.75, 3.05) is 0 Å². The number of hydrogen-bond acceptors (Lipinski definition) is 0. The minimum Gasteiger partial charge on any atom is -0.297 e. The molecule has 0 aliphatic rings. The maximum absolute atomic E-state index is 13.4. The van der Waals surface area contributed by atoms with E-state index in [1.807, 2.05) is 0 Å². The Kier molecular flexibility index (Phi) is 13.6. The van der Waals surface area contributed by atoms with Crippen molar-refractivity contribution in [2.45, 2.75) is 117 Å². The van der Waals surface area contributed by atoms with Gasteiger partial charge in [0.2, 0.25) is 8.32 Å². The molecule has 0 bridgehead atoms. The van der Waals surface area contributed by atoms with E-state index >= 15 is 0 Å². The molecular weight excluding hydrogens is 296 g/mol. The van der Waals surface area contributed by atoms with Crippen LogP contribution in [0.3, 0.4) is 0 Å². The predicted molar refractivity (Wildman–Crippen MR) is 107 cm³/mol. The van der Waals surface area contributed by atoms with Crippen LogP contribution in [0.1, 0.15) is 99.3 Å². The van der Waals surface area contributed by atoms with Crippen LogP contribution in [-0.2, 0) is 4.80 Å². The van der Waals surface area contributed by atoms with Gasteiger partial charge in [0.05, 0.1) is 0 Å². The molecule has 0 aliphatic carbocycles. The molecule has 23 heavy (non-hydrogen) atoms. The number of rotatable bonds is 15. The highest BCUT2D eigenvalue weighted by molar-refractivity contribution is 6.72. The standard InChI is InChI=1S/C21H45OSi/c1-19(2)13-7-10-16-23(22,17-11-8-14-20(3)4)18-12-9-15-21(5)6/h19-21H,7-18H2,1-6H3. The molecule has 0 unspecified atom stereocenters. The Balaban J connectivity index is 4.16. The Morgan fingerprint density at radius 2 is 0.783 bits per heavy atom. The van der Waals surface area contributed by atoms with Gasteiger partial charge in [0, 0.05) is 0 Å². The largest absolute Gasteiger partial charge is 0.297 e. The molecule has 0 saturated heterocycles. The fourth-order valence-corrected chi connectivity index (χ4v) is 6.81. The van der Waals surface area contributed by atoms with Gasteiger partial charge in [-0.2, -0.15) is 0 Å². The van der Waals surface area contributed by atoms with Crippen LogP contribution in [0.2, 0.25) is 18.1 Å². The van der Waals surface area contributed by atoms with Gasteiger partial charge in [0.25, 0.3) is 0 Å². The highest BCUT2D eigenvalue weighted by Gasteiger charge is 2.31. The molecule has 0 aromatic heterocycles. The van der Waals surface area contributed by atoms with E-state index < -0.39 is 8.32 Å². The van der Waals surface area contributed by atoms with Crippen LogP contribution >= 0.6 is 0 Å². The van der Waals surface area contributed by atoms with E-state index in [4.69, 9.17) is 0 Å². The van der Waals surface area contributed by atoms with Gasteiger partial charge in [-0.1, -0.05) is 99.3 Å². The average molecular weight is 342 g/mol. The monoisotopic (exact) mass is 341 g/mol. The molecule has 0 fully saturated rings. The molecule has 0 N–H and O–H groups in total. The van der Waals surface area contributed by atoms with Gasteiger partial charge < -0.3 is 0 Å². The van der Waals surface area contributed by atoms with Gasteiger partial charge in [-0.05, 0) is 35.9 Å². The fourth-order valence-electron chi connectivity index (χ4n) is 3.37. The molecule has 0 saturated carbocycles. The highest BCUT2D eigenvalue weighted by atomic mass is 28.4. The average Bonchev–Trinajstić information content (AvgIpc) is 2.44. The summed E-state index contributed by atoms with van der Waals surface area (Å²) in [7, 11) is -2.22. The summed E-state index contributed by atoms with van der Waals surface area (Å²) in [5.41, 5.74) is 0. The van der Waals surface area contributed by atoms with Crippen LogP contribution in [-0.4, -0.2) is 8.32 Å². The molecule has 0 heterocycles. The van der Waals surface area contributed by atoms with Crippen LogP contribution < -0.4 is 0 Å². The van der Waals surface area contributed by atoms with Crippen molar-refractivity contribution in [3.05, 3.63) is 0 Å². The van der Waals surface area contributed by atoms with Crippen LogP contribution in [0.4, 0.5) is 0 Å². The van der Waals surface area contributed by atoms with Gasteiger partial charge in [-0.3, -0.25) is 4.80 Å². The van der Waals surface area contributed by atoms with Crippen molar-refractivity contribution in [1.29, 1.82) is 0 Å². The summed E-state index contributed by atoms with van der Waals surface area (Å²) in [6.45, 7) is 13.7. The third kappa shape index (κ3) is 15.4. The van der Waals surface area contributed by atoms with Crippen LogP contribution in [0.5, 0.6) is 0 Å². The molecule has 0 aliphatic heterocycles. The van der Waals surface area contributed by atoms with E-state index in [0.717, 1.165) is 35.9 Å². The fraction of sp³-hybridized carbons (Fsp3) is 1.00. The van der Waals surface area contributed by atoms with Crippen molar-refractivity contribution < 1.29 is 4.80 Å². The third-order valence-electron chi connectivity index (χ3n) is 4.99. The predicted octanol–water partition coefficient (Wildman–Crippen LogP) is 7.84. The van der Waals surface area contributed by atoms with E-state index in [2.05, 4.69) is 41.5 Å². The maximum atomic E-state index is 13.4. The van der Waals surface area contributed by atoms with Crippen molar-refractivity contribution in [3.8, 4) is 0 Å². The SMILES string of the molecule is CC(C)CCCC[Si]([O])(CCCCC(C)C)CCCCC(C)C. The molecule has 0 atom stereocenters. The van der Waals surface area contributed by atoms with Crippen molar-refractivity contribution in [3.63, 3.8) is 0 Å². The molecule has 1 nitrogen and oxygen atoms in total. The van der Waals surface area contributed by atoms with E-state index in [-0.39, 0.29) is 0 Å². The topological polar surface area (TPSA) is 19.9 Å². The first kappa shape index (κ1) is 23.2. The van der Waals surface area contributed by atoms with E-state index in [1.165, 1.54) is 57.8 Å². The van der Waals surface area contributed by atoms with Crippen LogP contribution in [0, 0.1) is 17.8 Å². The van der Waals surface area contributed by atoms with Crippen molar-refractivity contribution in [2.24, 2.45) is 17.8 Å². The number of hydrogen-bond donors (Lipinski definition) is 0. The van der Waals surface area contributed by atoms with Gasteiger partial charge in [-0.25, -0.2) is 0 Å². The first-order valence-corrected chi connectivity index (χ1v) is 13.0. The lowest BCUT2D eigenvalue weighted by Gasteiger charge is -2.23. The minimum absolute atomic E-state index is 0.787. The van der Waals surface area contributed by atoms with E-state index in [9.17, 15) is 4.80 Å². The third-order valence-corrected chi connectivity index (χ3v) is 8.79. The van der Waals surface area contributed by atoms with E-state index in [0.29, 0.717) is 0 Å². The normalized spacial score (nSPS) is 12.8. The summed E-state index contributed by atoms with van der Waals surface area (Å²) in [5, 5.41) is 0. The lowest BCUT2D eigenvalue weighted by Crippen LogP contribution is -2.32. The van der Waals surface area contributed by atoms with Gasteiger partial charge in [0.15, 0.2) is 0 Å². The van der Waals surface area contributed by atoms with Crippen molar-refractivity contribution in [1.82, 2.24) is 0 Å². The Morgan fingerprint density at radius 3 is 1.00 bits per heavy atom. The smallest absolute Gasteiger partial charge is 0.237 e. The van der Waals surface area contributed by atoms with Crippen molar-refractivity contribution >= 4 is 8.32 Å². The van der Waals surface area contributed by atoms with Crippen LogP contribution in [0.25, 0.3) is 0 Å². The summed E-state index contributed by atoms with van der Waals surface area (Å²) in [4.78, 5) is 13.4. The zero-order valence-electron chi connectivity index (χ0n) is 17.1. The lowest BCUT2D eigenvalue weighted by atomic mass is 10.1. The van der Waals surface area contributed by atoms with Gasteiger partial charge >= 0.3 is 0 Å². The van der Waals surface area contributed by atoms with Gasteiger partial charge in [-0.15, -0.1) is 0 Å².